The molecule has 1 aliphatic heterocycles. The summed E-state index contributed by atoms with van der Waals surface area (Å²) in [5.74, 6) is 0.0104. The van der Waals surface area contributed by atoms with Crippen LogP contribution in [0.2, 0.25) is 0 Å². The van der Waals surface area contributed by atoms with Crippen molar-refractivity contribution in [3.8, 4) is 0 Å². The predicted molar refractivity (Wildman–Crippen MR) is 84.5 cm³/mol. The third kappa shape index (κ3) is 4.20. The van der Waals surface area contributed by atoms with Crippen molar-refractivity contribution in [1.29, 1.82) is 0 Å². The highest BCUT2D eigenvalue weighted by atomic mass is 32.2. The van der Waals surface area contributed by atoms with Crippen molar-refractivity contribution >= 4 is 21.4 Å². The molecule has 1 N–H and O–H groups in total. The first-order chi connectivity index (χ1) is 9.91. The highest BCUT2D eigenvalue weighted by Gasteiger charge is 2.29. The Hall–Kier alpha value is -1.56. The van der Waals surface area contributed by atoms with Crippen molar-refractivity contribution in [3.05, 3.63) is 29.8 Å². The van der Waals surface area contributed by atoms with Gasteiger partial charge in [0.15, 0.2) is 9.84 Å². The number of amides is 1. The van der Waals surface area contributed by atoms with E-state index in [9.17, 15) is 13.2 Å². The van der Waals surface area contributed by atoms with Gasteiger partial charge < -0.3 is 10.2 Å². The lowest BCUT2D eigenvalue weighted by molar-refractivity contribution is 0.0941. The van der Waals surface area contributed by atoms with Gasteiger partial charge in [0, 0.05) is 30.9 Å². The molecule has 1 heterocycles. The third-order valence-electron chi connectivity index (χ3n) is 3.70. The van der Waals surface area contributed by atoms with Crippen LogP contribution < -0.4 is 10.2 Å². The van der Waals surface area contributed by atoms with Crippen molar-refractivity contribution in [2.75, 3.05) is 30.0 Å². The molecule has 0 unspecified atom stereocenters. The van der Waals surface area contributed by atoms with Crippen molar-refractivity contribution < 1.29 is 13.2 Å². The molecule has 21 heavy (non-hydrogen) atoms. The molecule has 0 saturated carbocycles. The fraction of sp³-hybridized carbons (Fsp3) is 0.533. The van der Waals surface area contributed by atoms with Crippen LogP contribution >= 0.6 is 0 Å². The van der Waals surface area contributed by atoms with Crippen LogP contribution in [0.25, 0.3) is 0 Å². The van der Waals surface area contributed by atoms with Gasteiger partial charge in [0.1, 0.15) is 0 Å². The summed E-state index contributed by atoms with van der Waals surface area (Å²) in [6.07, 6.45) is 1.57. The zero-order chi connectivity index (χ0) is 15.5. The minimum atomic E-state index is -2.97. The summed E-state index contributed by atoms with van der Waals surface area (Å²) in [6, 6.07) is 7.12. The van der Waals surface area contributed by atoms with Gasteiger partial charge in [0.2, 0.25) is 0 Å². The highest BCUT2D eigenvalue weighted by molar-refractivity contribution is 7.91. The van der Waals surface area contributed by atoms with Gasteiger partial charge in [0.25, 0.3) is 5.91 Å². The SMILES string of the molecule is CCCN(C)c1ccc(C(=O)N[C@@H]2CCS(=O)(=O)C2)cc1. The van der Waals surface area contributed by atoms with Gasteiger partial charge in [-0.05, 0) is 37.1 Å². The molecule has 1 aromatic carbocycles. The number of benzene rings is 1. The van der Waals surface area contributed by atoms with Crippen LogP contribution in [0.3, 0.4) is 0 Å². The molecule has 0 spiro atoms. The molecule has 1 aliphatic rings. The number of nitrogens with one attached hydrogen (secondary N) is 1. The number of anilines is 1. The zero-order valence-corrected chi connectivity index (χ0v) is 13.3. The molecule has 5 nitrogen and oxygen atoms in total. The van der Waals surface area contributed by atoms with Gasteiger partial charge in [-0.2, -0.15) is 0 Å². The van der Waals surface area contributed by atoms with E-state index < -0.39 is 9.84 Å². The molecule has 0 radical (unpaired) electrons. The normalized spacial score (nSPS) is 20.2. The minimum Gasteiger partial charge on any atom is -0.375 e. The first-order valence-corrected chi connectivity index (χ1v) is 9.06. The van der Waals surface area contributed by atoms with Crippen molar-refractivity contribution in [2.45, 2.75) is 25.8 Å². The molecule has 0 aromatic heterocycles. The molecular formula is C15H22N2O3S. The molecule has 6 heteroatoms. The average Bonchev–Trinajstić information content (AvgIpc) is 2.78. The lowest BCUT2D eigenvalue weighted by Gasteiger charge is -2.18. The van der Waals surface area contributed by atoms with Crippen LogP contribution in [-0.4, -0.2) is 45.5 Å². The molecular weight excluding hydrogens is 288 g/mol. The molecule has 2 rings (SSSR count). The van der Waals surface area contributed by atoms with E-state index in [1.807, 2.05) is 19.2 Å². The second-order valence-electron chi connectivity index (χ2n) is 5.54. The number of carbonyl (C=O) groups excluding carboxylic acids is 1. The predicted octanol–water partition coefficient (Wildman–Crippen LogP) is 1.45. The maximum Gasteiger partial charge on any atom is 0.251 e. The zero-order valence-electron chi connectivity index (χ0n) is 12.5. The van der Waals surface area contributed by atoms with E-state index in [0.29, 0.717) is 12.0 Å². The molecule has 1 aromatic rings. The number of sulfone groups is 1. The van der Waals surface area contributed by atoms with Crippen LogP contribution in [0.4, 0.5) is 5.69 Å². The molecule has 1 saturated heterocycles. The van der Waals surface area contributed by atoms with Crippen LogP contribution in [0, 0.1) is 0 Å². The maximum absolute atomic E-state index is 12.1. The Bertz CT molecular complexity index is 596. The first kappa shape index (κ1) is 15.8. The average molecular weight is 310 g/mol. The Morgan fingerprint density at radius 3 is 2.52 bits per heavy atom. The van der Waals surface area contributed by atoms with Crippen molar-refractivity contribution in [1.82, 2.24) is 5.32 Å². The number of carbonyl (C=O) groups is 1. The smallest absolute Gasteiger partial charge is 0.251 e. The summed E-state index contributed by atoms with van der Waals surface area (Å²) < 4.78 is 22.8. The largest absolute Gasteiger partial charge is 0.375 e. The Morgan fingerprint density at radius 2 is 2.00 bits per heavy atom. The summed E-state index contributed by atoms with van der Waals surface area (Å²) in [7, 11) is -0.953. The number of hydrogen-bond acceptors (Lipinski definition) is 4. The fourth-order valence-corrected chi connectivity index (χ4v) is 4.18. The van der Waals surface area contributed by atoms with Crippen LogP contribution in [0.1, 0.15) is 30.1 Å². The second kappa shape index (κ2) is 6.47. The number of hydrogen-bond donors (Lipinski definition) is 1. The van der Waals surface area contributed by atoms with E-state index in [-0.39, 0.29) is 23.5 Å². The van der Waals surface area contributed by atoms with E-state index in [4.69, 9.17) is 0 Å². The standard InChI is InChI=1S/C15H22N2O3S/c1-3-9-17(2)14-6-4-12(5-7-14)15(18)16-13-8-10-21(19,20)11-13/h4-7,13H,3,8-11H2,1-2H3,(H,16,18)/t13-/m1/s1. The van der Waals surface area contributed by atoms with E-state index in [1.165, 1.54) is 0 Å². The van der Waals surface area contributed by atoms with Gasteiger partial charge in [-0.1, -0.05) is 6.92 Å². The lowest BCUT2D eigenvalue weighted by atomic mass is 10.1. The van der Waals surface area contributed by atoms with Crippen LogP contribution in [-0.2, 0) is 9.84 Å². The molecule has 0 aliphatic carbocycles. The van der Waals surface area contributed by atoms with E-state index in [1.54, 1.807) is 12.1 Å². The summed E-state index contributed by atoms with van der Waals surface area (Å²) >= 11 is 0. The maximum atomic E-state index is 12.1. The van der Waals surface area contributed by atoms with Crippen molar-refractivity contribution in [2.24, 2.45) is 0 Å². The Labute approximate surface area is 126 Å². The third-order valence-corrected chi connectivity index (χ3v) is 5.46. The fourth-order valence-electron chi connectivity index (χ4n) is 2.51. The number of rotatable bonds is 5. The Balaban J connectivity index is 1.97. The molecule has 1 fully saturated rings. The van der Waals surface area contributed by atoms with Gasteiger partial charge in [-0.25, -0.2) is 8.42 Å². The molecule has 116 valence electrons. The lowest BCUT2D eigenvalue weighted by Crippen LogP contribution is -2.35. The topological polar surface area (TPSA) is 66.5 Å². The van der Waals surface area contributed by atoms with Crippen molar-refractivity contribution in [3.63, 3.8) is 0 Å². The Kier molecular flexibility index (Phi) is 4.88. The van der Waals surface area contributed by atoms with E-state index in [0.717, 1.165) is 18.7 Å². The van der Waals surface area contributed by atoms with Gasteiger partial charge in [0.05, 0.1) is 11.5 Å². The van der Waals surface area contributed by atoms with Gasteiger partial charge in [-0.15, -0.1) is 0 Å². The molecule has 0 bridgehead atoms. The Morgan fingerprint density at radius 1 is 1.33 bits per heavy atom. The number of nitrogens with zero attached hydrogens (tertiary/aromatic N) is 1. The molecule has 1 amide bonds. The highest BCUT2D eigenvalue weighted by Crippen LogP contribution is 2.15. The summed E-state index contributed by atoms with van der Waals surface area (Å²) in [5.41, 5.74) is 1.63. The van der Waals surface area contributed by atoms with Crippen LogP contribution in [0.15, 0.2) is 24.3 Å². The summed E-state index contributed by atoms with van der Waals surface area (Å²) in [5, 5.41) is 2.79. The second-order valence-corrected chi connectivity index (χ2v) is 7.77. The quantitative estimate of drug-likeness (QED) is 0.894. The van der Waals surface area contributed by atoms with Gasteiger partial charge >= 0.3 is 0 Å². The van der Waals surface area contributed by atoms with Gasteiger partial charge in [-0.3, -0.25) is 4.79 Å². The summed E-state index contributed by atoms with van der Waals surface area (Å²) in [4.78, 5) is 14.2. The van der Waals surface area contributed by atoms with Crippen LogP contribution in [0.5, 0.6) is 0 Å². The summed E-state index contributed by atoms with van der Waals surface area (Å²) in [6.45, 7) is 3.08. The van der Waals surface area contributed by atoms with E-state index >= 15 is 0 Å². The molecule has 1 atom stereocenters. The minimum absolute atomic E-state index is 0.0516. The monoisotopic (exact) mass is 310 g/mol. The van der Waals surface area contributed by atoms with E-state index in [2.05, 4.69) is 17.1 Å². The first-order valence-electron chi connectivity index (χ1n) is 7.24.